The Morgan fingerprint density at radius 1 is 0.550 bits per heavy atom. The molecule has 220 valence electrons. The Morgan fingerprint density at radius 2 is 0.925 bits per heavy atom. The van der Waals surface area contributed by atoms with Crippen LogP contribution in [0.2, 0.25) is 0 Å². The molecule has 0 aliphatic rings. The highest BCUT2D eigenvalue weighted by Crippen LogP contribution is 2.58. The Bertz CT molecular complexity index is 996. The Hall–Kier alpha value is -1.26. The molecule has 0 amide bonds. The third-order valence-corrected chi connectivity index (χ3v) is 12.7. The van der Waals surface area contributed by atoms with Gasteiger partial charge in [0.2, 0.25) is 0 Å². The van der Waals surface area contributed by atoms with E-state index in [1.54, 1.807) is 15.9 Å². The molecule has 3 rings (SSSR count). The van der Waals surface area contributed by atoms with Crippen LogP contribution in [0.25, 0.3) is 0 Å². The molecule has 0 bridgehead atoms. The van der Waals surface area contributed by atoms with Crippen LogP contribution in [-0.4, -0.2) is 25.7 Å². The van der Waals surface area contributed by atoms with Gasteiger partial charge in [-0.15, -0.1) is 0 Å². The first-order chi connectivity index (χ1) is 19.0. The van der Waals surface area contributed by atoms with E-state index < -0.39 is 7.26 Å². The highest BCUT2D eigenvalue weighted by atomic mass is 127. The van der Waals surface area contributed by atoms with Gasteiger partial charge in [-0.1, -0.05) is 87.7 Å². The SMILES string of the molecule is CCCOC(CCCCCCCC[P+](c1ccccc1C)(c1ccccc1C)c1ccccc1C)OCCC.[I-]. The van der Waals surface area contributed by atoms with Gasteiger partial charge in [0.15, 0.2) is 6.29 Å². The molecule has 3 aromatic rings. The second kappa shape index (κ2) is 19.0. The molecule has 2 nitrogen and oxygen atoms in total. The highest BCUT2D eigenvalue weighted by Gasteiger charge is 2.47. The molecule has 0 aromatic heterocycles. The third kappa shape index (κ3) is 9.65. The zero-order chi connectivity index (χ0) is 27.9. The highest BCUT2D eigenvalue weighted by molar-refractivity contribution is 7.96. The van der Waals surface area contributed by atoms with Gasteiger partial charge in [-0.2, -0.15) is 0 Å². The quantitative estimate of drug-likeness (QED) is 0.0734. The topological polar surface area (TPSA) is 18.5 Å². The second-order valence-corrected chi connectivity index (χ2v) is 14.5. The molecule has 0 radical (unpaired) electrons. The molecular weight excluding hydrogens is 622 g/mol. The Labute approximate surface area is 263 Å². The summed E-state index contributed by atoms with van der Waals surface area (Å²) in [5, 5.41) is 4.66. The van der Waals surface area contributed by atoms with Gasteiger partial charge >= 0.3 is 0 Å². The summed E-state index contributed by atoms with van der Waals surface area (Å²) in [6.45, 7) is 12.8. The average Bonchev–Trinajstić information content (AvgIpc) is 2.95. The zero-order valence-corrected chi connectivity index (χ0v) is 28.7. The maximum absolute atomic E-state index is 5.91. The number of halogens is 1. The summed E-state index contributed by atoms with van der Waals surface area (Å²) < 4.78 is 11.8. The molecule has 0 aliphatic carbocycles. The molecular formula is C36H52IO2P. The standard InChI is InChI=1S/C36H52O2P.HI/c1-6-27-37-36(38-28-7-2)26-12-10-8-9-11-19-29-39(33-23-16-13-20-30(33)3,34-24-17-14-21-31(34)4)35-25-18-15-22-32(35)5;/h13-18,20-25,36H,6-12,19,26-29H2,1-5H3;1H/q+1;/p-1. The first kappa shape index (κ1) is 34.9. The largest absolute Gasteiger partial charge is 1.00 e. The lowest BCUT2D eigenvalue weighted by atomic mass is 10.1. The summed E-state index contributed by atoms with van der Waals surface area (Å²) in [4.78, 5) is 0. The lowest BCUT2D eigenvalue weighted by Gasteiger charge is -2.31. The fraction of sp³-hybridized carbons (Fsp3) is 0.500. The molecule has 40 heavy (non-hydrogen) atoms. The second-order valence-electron chi connectivity index (χ2n) is 11.0. The van der Waals surface area contributed by atoms with Crippen LogP contribution in [0.1, 0.15) is 88.3 Å². The molecule has 0 aliphatic heterocycles. The predicted octanol–water partition coefficient (Wildman–Crippen LogP) is 5.82. The van der Waals surface area contributed by atoms with Crippen molar-refractivity contribution in [2.45, 2.75) is 98.7 Å². The van der Waals surface area contributed by atoms with Gasteiger partial charge in [0.1, 0.15) is 23.2 Å². The molecule has 0 fully saturated rings. The third-order valence-electron chi connectivity index (χ3n) is 7.78. The lowest BCUT2D eigenvalue weighted by molar-refractivity contribution is -0.146. The number of hydrogen-bond acceptors (Lipinski definition) is 2. The van der Waals surface area contributed by atoms with Gasteiger partial charge < -0.3 is 33.5 Å². The monoisotopic (exact) mass is 674 g/mol. The van der Waals surface area contributed by atoms with Gasteiger partial charge in [0.05, 0.1) is 6.16 Å². The van der Waals surface area contributed by atoms with E-state index in [0.717, 1.165) is 32.5 Å². The molecule has 0 unspecified atom stereocenters. The number of ether oxygens (including phenoxy) is 2. The van der Waals surface area contributed by atoms with E-state index >= 15 is 0 Å². The van der Waals surface area contributed by atoms with Gasteiger partial charge in [-0.3, -0.25) is 0 Å². The lowest BCUT2D eigenvalue weighted by Crippen LogP contribution is -3.00. The first-order valence-electron chi connectivity index (χ1n) is 15.3. The maximum atomic E-state index is 5.91. The van der Waals surface area contributed by atoms with Crippen LogP contribution in [0, 0.1) is 20.8 Å². The summed E-state index contributed by atoms with van der Waals surface area (Å²) in [6.07, 6.45) is 11.9. The smallest absolute Gasteiger partial charge is 0.157 e. The minimum atomic E-state index is -1.80. The Balaban J connectivity index is 0.00000560. The van der Waals surface area contributed by atoms with E-state index in [9.17, 15) is 0 Å². The molecule has 3 aromatic carbocycles. The van der Waals surface area contributed by atoms with Crippen molar-refractivity contribution in [1.29, 1.82) is 0 Å². The van der Waals surface area contributed by atoms with Crippen molar-refractivity contribution in [3.63, 3.8) is 0 Å². The van der Waals surface area contributed by atoms with Crippen molar-refractivity contribution in [2.24, 2.45) is 0 Å². The van der Waals surface area contributed by atoms with Crippen LogP contribution in [0.5, 0.6) is 0 Å². The van der Waals surface area contributed by atoms with Crippen molar-refractivity contribution < 1.29 is 33.5 Å². The first-order valence-corrected chi connectivity index (χ1v) is 17.3. The average molecular weight is 675 g/mol. The zero-order valence-electron chi connectivity index (χ0n) is 25.6. The summed E-state index contributed by atoms with van der Waals surface area (Å²) in [5.41, 5.74) is 4.26. The Kier molecular flexibility index (Phi) is 16.6. The number of hydrogen-bond donors (Lipinski definition) is 0. The van der Waals surface area contributed by atoms with E-state index in [0.29, 0.717) is 0 Å². The van der Waals surface area contributed by atoms with E-state index in [4.69, 9.17) is 9.47 Å². The number of rotatable bonds is 18. The fourth-order valence-corrected chi connectivity index (χ4v) is 11.1. The summed E-state index contributed by atoms with van der Waals surface area (Å²) in [6, 6.07) is 27.5. The molecule has 0 saturated heterocycles. The molecule has 0 atom stereocenters. The number of aryl methyl sites for hydroxylation is 3. The Morgan fingerprint density at radius 3 is 1.32 bits per heavy atom. The van der Waals surface area contributed by atoms with E-state index in [1.165, 1.54) is 61.4 Å². The van der Waals surface area contributed by atoms with E-state index in [1.807, 2.05) is 0 Å². The van der Waals surface area contributed by atoms with Crippen LogP contribution in [0.3, 0.4) is 0 Å². The van der Waals surface area contributed by atoms with Gasteiger partial charge in [0.25, 0.3) is 0 Å². The minimum Gasteiger partial charge on any atom is -1.00 e. The normalized spacial score (nSPS) is 11.6. The van der Waals surface area contributed by atoms with Gasteiger partial charge in [-0.05, 0) is 94.2 Å². The molecule has 0 heterocycles. The van der Waals surface area contributed by atoms with Crippen molar-refractivity contribution in [1.82, 2.24) is 0 Å². The summed E-state index contributed by atoms with van der Waals surface area (Å²) >= 11 is 0. The predicted molar refractivity (Wildman–Crippen MR) is 173 cm³/mol. The van der Waals surface area contributed by atoms with Crippen molar-refractivity contribution >= 4 is 23.2 Å². The van der Waals surface area contributed by atoms with Gasteiger partial charge in [-0.25, -0.2) is 0 Å². The number of benzene rings is 3. The number of unbranched alkanes of at least 4 members (excludes halogenated alkanes) is 5. The van der Waals surface area contributed by atoms with Crippen LogP contribution >= 0.6 is 7.26 Å². The van der Waals surface area contributed by atoms with E-state index in [-0.39, 0.29) is 30.3 Å². The van der Waals surface area contributed by atoms with Crippen molar-refractivity contribution in [3.8, 4) is 0 Å². The molecule has 0 spiro atoms. The maximum Gasteiger partial charge on any atom is 0.157 e. The van der Waals surface area contributed by atoms with Crippen LogP contribution < -0.4 is 39.9 Å². The summed E-state index contributed by atoms with van der Waals surface area (Å²) in [7, 11) is -1.80. The van der Waals surface area contributed by atoms with E-state index in [2.05, 4.69) is 107 Å². The fourth-order valence-electron chi connectivity index (χ4n) is 5.81. The molecule has 0 N–H and O–H groups in total. The minimum absolute atomic E-state index is 0. The van der Waals surface area contributed by atoms with Crippen molar-refractivity contribution in [3.05, 3.63) is 89.5 Å². The van der Waals surface area contributed by atoms with Crippen LogP contribution in [0.4, 0.5) is 0 Å². The summed E-state index contributed by atoms with van der Waals surface area (Å²) in [5.74, 6) is 0. The van der Waals surface area contributed by atoms with Gasteiger partial charge in [0, 0.05) is 13.2 Å². The van der Waals surface area contributed by atoms with Crippen molar-refractivity contribution in [2.75, 3.05) is 19.4 Å². The van der Waals surface area contributed by atoms with Crippen LogP contribution in [0.15, 0.2) is 72.8 Å². The molecule has 4 heteroatoms. The van der Waals surface area contributed by atoms with Crippen LogP contribution in [-0.2, 0) is 9.47 Å². The molecule has 0 saturated carbocycles.